The van der Waals surface area contributed by atoms with Gasteiger partial charge in [0.15, 0.2) is 5.76 Å². The minimum absolute atomic E-state index is 0.289. The average molecular weight is 168 g/mol. The third kappa shape index (κ3) is 1.68. The van der Waals surface area contributed by atoms with Crippen LogP contribution in [0.4, 0.5) is 0 Å². The van der Waals surface area contributed by atoms with E-state index in [2.05, 4.69) is 0 Å². The Balaban J connectivity index is 2.02. The molecule has 0 aromatic carbocycles. The maximum absolute atomic E-state index is 5.43. The Morgan fingerprint density at radius 3 is 2.50 bits per heavy atom. The molecule has 12 heavy (non-hydrogen) atoms. The summed E-state index contributed by atoms with van der Waals surface area (Å²) in [7, 11) is 0. The monoisotopic (exact) mass is 168 g/mol. The van der Waals surface area contributed by atoms with Crippen LogP contribution < -0.4 is 0 Å². The molecule has 3 nitrogen and oxygen atoms in total. The van der Waals surface area contributed by atoms with Crippen molar-refractivity contribution in [1.82, 2.24) is 0 Å². The summed E-state index contributed by atoms with van der Waals surface area (Å²) in [5.74, 6) is 0.761. The van der Waals surface area contributed by atoms with Crippen LogP contribution in [-0.2, 0) is 9.47 Å². The summed E-state index contributed by atoms with van der Waals surface area (Å²) in [4.78, 5) is 0. The normalized spacial score (nSPS) is 20.7. The van der Waals surface area contributed by atoms with E-state index < -0.39 is 0 Å². The maximum atomic E-state index is 5.43. The number of hydrogen-bond donors (Lipinski definition) is 0. The standard InChI is InChI=1S/C9H12O3/c1-2-6-12-9(11-5-1)8-4-3-7-10-8/h3-4,7,9H,1-2,5-6H2. The fourth-order valence-corrected chi connectivity index (χ4v) is 1.22. The van der Waals surface area contributed by atoms with Gasteiger partial charge in [-0.3, -0.25) is 0 Å². The Bertz CT molecular complexity index is 210. The quantitative estimate of drug-likeness (QED) is 0.643. The van der Waals surface area contributed by atoms with Gasteiger partial charge in [0, 0.05) is 0 Å². The molecule has 0 radical (unpaired) electrons. The Morgan fingerprint density at radius 1 is 1.17 bits per heavy atom. The number of rotatable bonds is 1. The van der Waals surface area contributed by atoms with Crippen LogP contribution in [-0.4, -0.2) is 13.2 Å². The van der Waals surface area contributed by atoms with Crippen molar-refractivity contribution >= 4 is 0 Å². The summed E-state index contributed by atoms with van der Waals surface area (Å²) in [6, 6.07) is 3.71. The van der Waals surface area contributed by atoms with E-state index in [0.29, 0.717) is 0 Å². The van der Waals surface area contributed by atoms with Crippen molar-refractivity contribution < 1.29 is 13.9 Å². The van der Waals surface area contributed by atoms with Gasteiger partial charge < -0.3 is 13.9 Å². The fourth-order valence-electron chi connectivity index (χ4n) is 1.22. The van der Waals surface area contributed by atoms with Crippen LogP contribution in [0.2, 0.25) is 0 Å². The highest BCUT2D eigenvalue weighted by molar-refractivity contribution is 4.99. The average Bonchev–Trinajstić information content (AvgIpc) is 2.48. The molecule has 1 aromatic rings. The van der Waals surface area contributed by atoms with Crippen LogP contribution in [0.15, 0.2) is 22.8 Å². The molecule has 1 fully saturated rings. The van der Waals surface area contributed by atoms with E-state index in [4.69, 9.17) is 13.9 Å². The molecular weight excluding hydrogens is 156 g/mol. The molecule has 2 heterocycles. The van der Waals surface area contributed by atoms with Crippen LogP contribution in [0.5, 0.6) is 0 Å². The molecule has 1 aliphatic rings. The summed E-state index contributed by atoms with van der Waals surface area (Å²) < 4.78 is 16.0. The second kappa shape index (κ2) is 3.74. The van der Waals surface area contributed by atoms with Crippen molar-refractivity contribution in [3.05, 3.63) is 24.2 Å². The van der Waals surface area contributed by atoms with Crippen molar-refractivity contribution in [2.45, 2.75) is 19.1 Å². The lowest BCUT2D eigenvalue weighted by Gasteiger charge is -2.11. The summed E-state index contributed by atoms with van der Waals surface area (Å²) in [6.07, 6.45) is 3.48. The predicted molar refractivity (Wildman–Crippen MR) is 42.6 cm³/mol. The van der Waals surface area contributed by atoms with Gasteiger partial charge in [-0.15, -0.1) is 0 Å². The van der Waals surface area contributed by atoms with Gasteiger partial charge in [-0.05, 0) is 25.0 Å². The smallest absolute Gasteiger partial charge is 0.217 e. The first-order chi connectivity index (χ1) is 5.97. The SMILES string of the molecule is c1coc(C2OCCCCO2)c1. The van der Waals surface area contributed by atoms with E-state index in [-0.39, 0.29) is 6.29 Å². The van der Waals surface area contributed by atoms with Gasteiger partial charge >= 0.3 is 0 Å². The second-order valence-electron chi connectivity index (χ2n) is 2.80. The van der Waals surface area contributed by atoms with Crippen LogP contribution in [0, 0.1) is 0 Å². The first kappa shape index (κ1) is 7.83. The van der Waals surface area contributed by atoms with Crippen molar-refractivity contribution in [1.29, 1.82) is 0 Å². The molecule has 1 aromatic heterocycles. The molecule has 0 saturated carbocycles. The lowest BCUT2D eigenvalue weighted by Crippen LogP contribution is -2.05. The van der Waals surface area contributed by atoms with E-state index in [1.165, 1.54) is 0 Å². The molecule has 1 aliphatic heterocycles. The molecular formula is C9H12O3. The van der Waals surface area contributed by atoms with Gasteiger partial charge in [-0.25, -0.2) is 0 Å². The van der Waals surface area contributed by atoms with Gasteiger partial charge in [0.05, 0.1) is 19.5 Å². The number of furan rings is 1. The van der Waals surface area contributed by atoms with Crippen LogP contribution >= 0.6 is 0 Å². The Hall–Kier alpha value is -0.800. The Labute approximate surface area is 71.3 Å². The lowest BCUT2D eigenvalue weighted by molar-refractivity contribution is -0.140. The van der Waals surface area contributed by atoms with Crippen molar-refractivity contribution in [2.24, 2.45) is 0 Å². The molecule has 0 atom stereocenters. The zero-order valence-corrected chi connectivity index (χ0v) is 6.86. The summed E-state index contributed by atoms with van der Waals surface area (Å²) in [6.45, 7) is 1.51. The fraction of sp³-hybridized carbons (Fsp3) is 0.556. The highest BCUT2D eigenvalue weighted by Crippen LogP contribution is 2.22. The summed E-state index contributed by atoms with van der Waals surface area (Å²) in [5, 5.41) is 0. The second-order valence-corrected chi connectivity index (χ2v) is 2.80. The molecule has 0 amide bonds. The largest absolute Gasteiger partial charge is 0.464 e. The lowest BCUT2D eigenvalue weighted by atomic mass is 10.3. The molecule has 0 N–H and O–H groups in total. The Morgan fingerprint density at radius 2 is 1.92 bits per heavy atom. The zero-order valence-electron chi connectivity index (χ0n) is 6.86. The predicted octanol–water partition coefficient (Wildman–Crippen LogP) is 2.11. The van der Waals surface area contributed by atoms with Gasteiger partial charge in [-0.1, -0.05) is 0 Å². The number of hydrogen-bond acceptors (Lipinski definition) is 3. The first-order valence-electron chi connectivity index (χ1n) is 4.23. The molecule has 3 heteroatoms. The van der Waals surface area contributed by atoms with Crippen LogP contribution in [0.25, 0.3) is 0 Å². The topological polar surface area (TPSA) is 31.6 Å². The van der Waals surface area contributed by atoms with E-state index >= 15 is 0 Å². The third-order valence-electron chi connectivity index (χ3n) is 1.85. The maximum Gasteiger partial charge on any atom is 0.217 e. The molecule has 0 aliphatic carbocycles. The minimum Gasteiger partial charge on any atom is -0.464 e. The van der Waals surface area contributed by atoms with Crippen LogP contribution in [0.1, 0.15) is 24.9 Å². The Kier molecular flexibility index (Phi) is 2.44. The van der Waals surface area contributed by atoms with Crippen molar-refractivity contribution in [3.8, 4) is 0 Å². The summed E-state index contributed by atoms with van der Waals surface area (Å²) in [5.41, 5.74) is 0. The van der Waals surface area contributed by atoms with E-state index in [9.17, 15) is 0 Å². The molecule has 66 valence electrons. The number of ether oxygens (including phenoxy) is 2. The highest BCUT2D eigenvalue weighted by Gasteiger charge is 2.17. The first-order valence-corrected chi connectivity index (χ1v) is 4.23. The minimum atomic E-state index is -0.289. The van der Waals surface area contributed by atoms with Crippen LogP contribution in [0.3, 0.4) is 0 Å². The molecule has 2 rings (SSSR count). The summed E-state index contributed by atoms with van der Waals surface area (Å²) >= 11 is 0. The zero-order chi connectivity index (χ0) is 8.23. The van der Waals surface area contributed by atoms with E-state index in [1.54, 1.807) is 6.26 Å². The van der Waals surface area contributed by atoms with Gasteiger partial charge in [-0.2, -0.15) is 0 Å². The third-order valence-corrected chi connectivity index (χ3v) is 1.85. The molecule has 0 unspecified atom stereocenters. The highest BCUT2D eigenvalue weighted by atomic mass is 16.7. The molecule has 0 bridgehead atoms. The van der Waals surface area contributed by atoms with Gasteiger partial charge in [0.25, 0.3) is 0 Å². The van der Waals surface area contributed by atoms with E-state index in [1.807, 2.05) is 12.1 Å². The molecule has 0 spiro atoms. The van der Waals surface area contributed by atoms with Crippen molar-refractivity contribution in [3.63, 3.8) is 0 Å². The molecule has 1 saturated heterocycles. The van der Waals surface area contributed by atoms with Gasteiger partial charge in [0.2, 0.25) is 6.29 Å². The van der Waals surface area contributed by atoms with Gasteiger partial charge in [0.1, 0.15) is 0 Å². The van der Waals surface area contributed by atoms with E-state index in [0.717, 1.165) is 31.8 Å². The van der Waals surface area contributed by atoms with Crippen molar-refractivity contribution in [2.75, 3.05) is 13.2 Å².